The van der Waals surface area contributed by atoms with Crippen molar-refractivity contribution in [3.8, 4) is 11.5 Å². The van der Waals surface area contributed by atoms with Crippen LogP contribution in [0.5, 0.6) is 11.5 Å². The predicted octanol–water partition coefficient (Wildman–Crippen LogP) is 3.43. The van der Waals surface area contributed by atoms with Crippen LogP contribution in [0.2, 0.25) is 0 Å². The largest absolute Gasteiger partial charge is 0.491 e. The Hall–Kier alpha value is -2.04. The zero-order valence-corrected chi connectivity index (χ0v) is 21.9. The lowest BCUT2D eigenvalue weighted by molar-refractivity contribution is -0.0116. The van der Waals surface area contributed by atoms with E-state index < -0.39 is 28.2 Å². The van der Waals surface area contributed by atoms with Gasteiger partial charge in [-0.25, -0.2) is 17.9 Å². The third-order valence-electron chi connectivity index (χ3n) is 7.01. The van der Waals surface area contributed by atoms with E-state index in [1.54, 1.807) is 4.90 Å². The summed E-state index contributed by atoms with van der Waals surface area (Å²) in [5.74, 6) is 1.96. The Morgan fingerprint density at radius 3 is 2.51 bits per heavy atom. The van der Waals surface area contributed by atoms with Crippen molar-refractivity contribution in [2.45, 2.75) is 89.1 Å². The third kappa shape index (κ3) is 6.59. The van der Waals surface area contributed by atoms with Gasteiger partial charge in [0, 0.05) is 17.6 Å². The Balaban J connectivity index is 1.56. The number of carbonyl (C=O) groups excluding carboxylic acids is 1. The Kier molecular flexibility index (Phi) is 8.12. The van der Waals surface area contributed by atoms with E-state index >= 15 is 0 Å². The molecule has 0 spiro atoms. The van der Waals surface area contributed by atoms with Crippen LogP contribution in [0, 0.1) is 0 Å². The fourth-order valence-corrected chi connectivity index (χ4v) is 6.31. The number of fused-ring (bicyclic) bond motifs is 7. The SMILES string of the molecule is CC(C)Oc1ccc2cc1C1CCC(CC1)OC[C@H]1[C@@H](NS(C)(=O)=O)C[C@@H](C)N1C(=O)OCCO2. The number of nitrogens with one attached hydrogen (secondary N) is 1. The van der Waals surface area contributed by atoms with Crippen LogP contribution in [-0.2, 0) is 19.5 Å². The first-order valence-electron chi connectivity index (χ1n) is 12.6. The van der Waals surface area contributed by atoms with Crippen LogP contribution < -0.4 is 14.2 Å². The highest BCUT2D eigenvalue weighted by atomic mass is 32.2. The first kappa shape index (κ1) is 26.0. The predicted molar refractivity (Wildman–Crippen MR) is 131 cm³/mol. The van der Waals surface area contributed by atoms with Crippen LogP contribution in [0.1, 0.15) is 64.4 Å². The topological polar surface area (TPSA) is 103 Å². The van der Waals surface area contributed by atoms with Crippen molar-refractivity contribution in [1.82, 2.24) is 9.62 Å². The van der Waals surface area contributed by atoms with Crippen molar-refractivity contribution in [2.24, 2.45) is 0 Å². The average molecular weight is 511 g/mol. The molecular formula is C25H38N2O7S. The van der Waals surface area contributed by atoms with Crippen LogP contribution >= 0.6 is 0 Å². The minimum Gasteiger partial charge on any atom is -0.491 e. The number of ether oxygens (including phenoxy) is 4. The van der Waals surface area contributed by atoms with Gasteiger partial charge in [-0.3, -0.25) is 4.90 Å². The molecule has 5 rings (SSSR count). The highest BCUT2D eigenvalue weighted by Crippen LogP contribution is 2.41. The summed E-state index contributed by atoms with van der Waals surface area (Å²) >= 11 is 0. The van der Waals surface area contributed by atoms with E-state index in [1.807, 2.05) is 32.9 Å². The number of sulfonamides is 1. The molecule has 1 aromatic rings. The second kappa shape index (κ2) is 10.9. The average Bonchev–Trinajstić information content (AvgIpc) is 3.08. The van der Waals surface area contributed by atoms with Crippen molar-refractivity contribution < 1.29 is 32.2 Å². The number of rotatable bonds is 4. The smallest absolute Gasteiger partial charge is 0.410 e. The normalized spacial score (nSPS) is 30.0. The zero-order chi connectivity index (χ0) is 25.2. The molecular weight excluding hydrogens is 472 g/mol. The maximum Gasteiger partial charge on any atom is 0.410 e. The van der Waals surface area contributed by atoms with Crippen molar-refractivity contribution in [3.63, 3.8) is 0 Å². The van der Waals surface area contributed by atoms with Crippen LogP contribution in [0.4, 0.5) is 4.79 Å². The van der Waals surface area contributed by atoms with Crippen molar-refractivity contribution in [3.05, 3.63) is 23.8 Å². The summed E-state index contributed by atoms with van der Waals surface area (Å²) in [6.07, 6.45) is 4.97. The van der Waals surface area contributed by atoms with Gasteiger partial charge < -0.3 is 18.9 Å². The maximum atomic E-state index is 13.0. The van der Waals surface area contributed by atoms with E-state index in [2.05, 4.69) is 10.8 Å². The number of hydrogen-bond donors (Lipinski definition) is 1. The molecule has 0 aromatic heterocycles. The van der Waals surface area contributed by atoms with Crippen LogP contribution in [0.3, 0.4) is 0 Å². The summed E-state index contributed by atoms with van der Waals surface area (Å²) in [5.41, 5.74) is 1.15. The minimum absolute atomic E-state index is 0.0562. The van der Waals surface area contributed by atoms with Gasteiger partial charge in [0.05, 0.1) is 31.1 Å². The monoisotopic (exact) mass is 510 g/mol. The van der Waals surface area contributed by atoms with Crippen LogP contribution in [0.25, 0.3) is 0 Å². The van der Waals surface area contributed by atoms with Gasteiger partial charge in [-0.1, -0.05) is 0 Å². The Morgan fingerprint density at radius 2 is 1.83 bits per heavy atom. The van der Waals surface area contributed by atoms with Crippen molar-refractivity contribution in [2.75, 3.05) is 26.1 Å². The molecule has 10 heteroatoms. The molecule has 1 aromatic carbocycles. The highest BCUT2D eigenvalue weighted by molar-refractivity contribution is 7.88. The molecule has 9 nitrogen and oxygen atoms in total. The first-order chi connectivity index (χ1) is 16.6. The molecule has 1 N–H and O–H groups in total. The number of benzene rings is 1. The summed E-state index contributed by atoms with van der Waals surface area (Å²) in [4.78, 5) is 14.6. The van der Waals surface area contributed by atoms with Gasteiger partial charge in [0.15, 0.2) is 0 Å². The van der Waals surface area contributed by atoms with Crippen LogP contribution in [0.15, 0.2) is 18.2 Å². The summed E-state index contributed by atoms with van der Waals surface area (Å²) in [6, 6.07) is 4.88. The molecule has 3 aliphatic heterocycles. The van der Waals surface area contributed by atoms with E-state index in [4.69, 9.17) is 18.9 Å². The van der Waals surface area contributed by atoms with E-state index in [0.717, 1.165) is 49.0 Å². The number of nitrogens with zero attached hydrogens (tertiary/aromatic N) is 1. The molecule has 4 bridgehead atoms. The quantitative estimate of drug-likeness (QED) is 0.662. The highest BCUT2D eigenvalue weighted by Gasteiger charge is 2.44. The van der Waals surface area contributed by atoms with Crippen LogP contribution in [-0.4, -0.2) is 75.8 Å². The summed E-state index contributed by atoms with van der Waals surface area (Å²) in [5, 5.41) is 0. The lowest BCUT2D eigenvalue weighted by atomic mass is 9.82. The first-order valence-corrected chi connectivity index (χ1v) is 14.5. The Labute approximate surface area is 208 Å². The number of hydrogen-bond acceptors (Lipinski definition) is 7. The van der Waals surface area contributed by atoms with Gasteiger partial charge in [-0.05, 0) is 77.0 Å². The second-order valence-electron chi connectivity index (χ2n) is 10.2. The van der Waals surface area contributed by atoms with Gasteiger partial charge in [0.2, 0.25) is 10.0 Å². The molecule has 35 heavy (non-hydrogen) atoms. The Morgan fingerprint density at radius 1 is 1.11 bits per heavy atom. The molecule has 3 atom stereocenters. The van der Waals surface area contributed by atoms with Gasteiger partial charge in [-0.15, -0.1) is 0 Å². The van der Waals surface area contributed by atoms with Gasteiger partial charge in [0.25, 0.3) is 0 Å². The molecule has 1 amide bonds. The van der Waals surface area contributed by atoms with Crippen molar-refractivity contribution in [1.29, 1.82) is 0 Å². The van der Waals surface area contributed by atoms with Gasteiger partial charge in [-0.2, -0.15) is 0 Å². The molecule has 1 saturated carbocycles. The molecule has 4 aliphatic rings. The lowest BCUT2D eigenvalue weighted by Gasteiger charge is -2.34. The molecule has 3 heterocycles. The molecule has 0 unspecified atom stereocenters. The molecule has 0 radical (unpaired) electrons. The lowest BCUT2D eigenvalue weighted by Crippen LogP contribution is -2.50. The van der Waals surface area contributed by atoms with E-state index in [0.29, 0.717) is 12.3 Å². The van der Waals surface area contributed by atoms with E-state index in [1.165, 1.54) is 0 Å². The number of carbonyl (C=O) groups is 1. The second-order valence-corrected chi connectivity index (χ2v) is 12.0. The summed E-state index contributed by atoms with van der Waals surface area (Å²) in [6.45, 7) is 6.51. The standard InChI is InChI=1S/C25H38N2O7S/c1-16(2)34-24-10-9-20-14-21(24)18-5-7-19(8-6-18)33-15-23-22(26-35(4,29)30)13-17(3)27(23)25(28)32-12-11-31-20/h9-10,14,16-19,22-23,26H,5-8,11-13,15H2,1-4H3/t17-,18?,19?,22+,23+/m1/s1. The van der Waals surface area contributed by atoms with E-state index in [-0.39, 0.29) is 38.1 Å². The zero-order valence-electron chi connectivity index (χ0n) is 21.1. The van der Waals surface area contributed by atoms with Gasteiger partial charge in [0.1, 0.15) is 24.7 Å². The van der Waals surface area contributed by atoms with Crippen molar-refractivity contribution >= 4 is 16.1 Å². The maximum absolute atomic E-state index is 13.0. The Bertz CT molecular complexity index is 992. The fourth-order valence-electron chi connectivity index (χ4n) is 5.51. The molecule has 2 fully saturated rings. The minimum atomic E-state index is -3.44. The molecule has 196 valence electrons. The third-order valence-corrected chi connectivity index (χ3v) is 7.74. The molecule has 1 aliphatic carbocycles. The van der Waals surface area contributed by atoms with E-state index in [9.17, 15) is 13.2 Å². The molecule has 1 saturated heterocycles. The van der Waals surface area contributed by atoms with Gasteiger partial charge >= 0.3 is 6.09 Å². The fraction of sp³-hybridized carbons (Fsp3) is 0.720. The summed E-state index contributed by atoms with van der Waals surface area (Å²) in [7, 11) is -3.44. The summed E-state index contributed by atoms with van der Waals surface area (Å²) < 4.78 is 50.5. The number of amides is 1.